The molecule has 2 aromatic rings. The van der Waals surface area contributed by atoms with Crippen LogP contribution in [0.25, 0.3) is 0 Å². The highest BCUT2D eigenvalue weighted by atomic mass is 16.3. The highest BCUT2D eigenvalue weighted by Gasteiger charge is 2.20. The normalized spacial score (nSPS) is 21.7. The number of hydrogen-bond acceptors (Lipinski definition) is 3. The summed E-state index contributed by atoms with van der Waals surface area (Å²) in [4.78, 5) is 0. The Morgan fingerprint density at radius 1 is 1.10 bits per heavy atom. The molecule has 4 rings (SSSR count). The summed E-state index contributed by atoms with van der Waals surface area (Å²) >= 11 is 0. The monoisotopic (exact) mass is 286 g/mol. The van der Waals surface area contributed by atoms with Crippen molar-refractivity contribution in [2.75, 3.05) is 0 Å². The Kier molecular flexibility index (Phi) is 3.30. The molecule has 1 aliphatic heterocycles. The van der Waals surface area contributed by atoms with E-state index in [9.17, 15) is 5.11 Å². The summed E-state index contributed by atoms with van der Waals surface area (Å²) in [5.74, 6) is 2.18. The van der Waals surface area contributed by atoms with Crippen LogP contribution in [0.4, 0.5) is 0 Å². The van der Waals surface area contributed by atoms with Crippen LogP contribution in [0, 0.1) is 0 Å². The van der Waals surface area contributed by atoms with Crippen molar-refractivity contribution in [1.29, 1.82) is 0 Å². The third kappa shape index (κ3) is 2.39. The van der Waals surface area contributed by atoms with E-state index in [0.717, 1.165) is 56.0 Å². The second-order valence-corrected chi connectivity index (χ2v) is 6.31. The standard InChI is InChI=1S/C16H22N4O/c21-14-6-2-1-5-12-9-19(10-13(12)14)11-16-18-17-15-7-3-4-8-20(15)16/h9-10,14,21H,1-8,11H2. The second kappa shape index (κ2) is 5.30. The van der Waals surface area contributed by atoms with Crippen molar-refractivity contribution in [2.24, 2.45) is 0 Å². The summed E-state index contributed by atoms with van der Waals surface area (Å²) in [6.45, 7) is 1.80. The summed E-state index contributed by atoms with van der Waals surface area (Å²) < 4.78 is 4.44. The zero-order valence-electron chi connectivity index (χ0n) is 12.3. The van der Waals surface area contributed by atoms with Gasteiger partial charge in [-0.25, -0.2) is 0 Å². The van der Waals surface area contributed by atoms with Gasteiger partial charge in [0.1, 0.15) is 5.82 Å². The van der Waals surface area contributed by atoms with Crippen LogP contribution in [0.15, 0.2) is 12.4 Å². The number of hydrogen-bond donors (Lipinski definition) is 1. The molecule has 2 aliphatic rings. The Hall–Kier alpha value is -1.62. The molecule has 0 aromatic carbocycles. The molecular formula is C16H22N4O. The lowest BCUT2D eigenvalue weighted by Crippen LogP contribution is -2.14. The van der Waals surface area contributed by atoms with Crippen LogP contribution >= 0.6 is 0 Å². The first kappa shape index (κ1) is 13.1. The van der Waals surface area contributed by atoms with Crippen molar-refractivity contribution in [3.05, 3.63) is 35.2 Å². The predicted molar refractivity (Wildman–Crippen MR) is 79.0 cm³/mol. The van der Waals surface area contributed by atoms with Crippen molar-refractivity contribution in [3.63, 3.8) is 0 Å². The Morgan fingerprint density at radius 2 is 2.00 bits per heavy atom. The molecule has 3 heterocycles. The smallest absolute Gasteiger partial charge is 0.152 e. The summed E-state index contributed by atoms with van der Waals surface area (Å²) in [5.41, 5.74) is 2.42. The number of aliphatic hydroxyl groups is 1. The van der Waals surface area contributed by atoms with Gasteiger partial charge < -0.3 is 14.2 Å². The first-order valence-electron chi connectivity index (χ1n) is 8.09. The van der Waals surface area contributed by atoms with Gasteiger partial charge in [0.05, 0.1) is 12.6 Å². The molecule has 1 unspecified atom stereocenters. The molecular weight excluding hydrogens is 264 g/mol. The Balaban J connectivity index is 1.60. The van der Waals surface area contributed by atoms with Gasteiger partial charge in [0.15, 0.2) is 5.82 Å². The van der Waals surface area contributed by atoms with Crippen LogP contribution in [0.1, 0.15) is 61.0 Å². The molecule has 0 saturated carbocycles. The van der Waals surface area contributed by atoms with Gasteiger partial charge in [-0.15, -0.1) is 10.2 Å². The molecule has 2 aromatic heterocycles. The van der Waals surface area contributed by atoms with Crippen molar-refractivity contribution >= 4 is 0 Å². The maximum absolute atomic E-state index is 10.2. The zero-order valence-corrected chi connectivity index (χ0v) is 12.3. The third-order valence-corrected chi connectivity index (χ3v) is 4.79. The topological polar surface area (TPSA) is 55.9 Å². The van der Waals surface area contributed by atoms with Gasteiger partial charge in [-0.1, -0.05) is 6.42 Å². The molecule has 0 amide bonds. The number of aliphatic hydroxyl groups excluding tert-OH is 1. The van der Waals surface area contributed by atoms with Crippen LogP contribution in [0.2, 0.25) is 0 Å². The Bertz CT molecular complexity index is 643. The van der Waals surface area contributed by atoms with E-state index in [4.69, 9.17) is 0 Å². The highest BCUT2D eigenvalue weighted by Crippen LogP contribution is 2.29. The molecule has 5 nitrogen and oxygen atoms in total. The molecule has 0 bridgehead atoms. The van der Waals surface area contributed by atoms with E-state index in [1.807, 2.05) is 0 Å². The molecule has 112 valence electrons. The molecule has 0 spiro atoms. The first-order valence-corrected chi connectivity index (χ1v) is 8.09. The van der Waals surface area contributed by atoms with Gasteiger partial charge in [0, 0.05) is 30.9 Å². The fourth-order valence-electron chi connectivity index (χ4n) is 3.63. The minimum atomic E-state index is -0.295. The van der Waals surface area contributed by atoms with Crippen molar-refractivity contribution in [3.8, 4) is 0 Å². The number of aromatic nitrogens is 4. The quantitative estimate of drug-likeness (QED) is 0.861. The maximum atomic E-state index is 10.2. The minimum Gasteiger partial charge on any atom is -0.388 e. The predicted octanol–water partition coefficient (Wildman–Crippen LogP) is 2.22. The van der Waals surface area contributed by atoms with Crippen LogP contribution in [-0.4, -0.2) is 24.4 Å². The number of fused-ring (bicyclic) bond motifs is 2. The second-order valence-electron chi connectivity index (χ2n) is 6.31. The highest BCUT2D eigenvalue weighted by molar-refractivity contribution is 5.28. The largest absolute Gasteiger partial charge is 0.388 e. The maximum Gasteiger partial charge on any atom is 0.152 e. The van der Waals surface area contributed by atoms with E-state index in [0.29, 0.717) is 0 Å². The summed E-state index contributed by atoms with van der Waals surface area (Å²) in [6, 6.07) is 0. The van der Waals surface area contributed by atoms with E-state index in [1.165, 1.54) is 24.8 Å². The van der Waals surface area contributed by atoms with E-state index in [2.05, 4.69) is 31.7 Å². The zero-order chi connectivity index (χ0) is 14.2. The van der Waals surface area contributed by atoms with Crippen molar-refractivity contribution < 1.29 is 5.11 Å². The summed E-state index contributed by atoms with van der Waals surface area (Å²) in [6.07, 6.45) is 11.8. The van der Waals surface area contributed by atoms with Crippen molar-refractivity contribution in [1.82, 2.24) is 19.3 Å². The van der Waals surface area contributed by atoms with E-state index in [-0.39, 0.29) is 6.10 Å². The average molecular weight is 286 g/mol. The van der Waals surface area contributed by atoms with Crippen LogP contribution in [0.3, 0.4) is 0 Å². The minimum absolute atomic E-state index is 0.295. The summed E-state index contributed by atoms with van der Waals surface area (Å²) in [5, 5.41) is 18.9. The van der Waals surface area contributed by atoms with Gasteiger partial charge in [0.2, 0.25) is 0 Å². The molecule has 0 radical (unpaired) electrons. The van der Waals surface area contributed by atoms with Crippen LogP contribution < -0.4 is 0 Å². The lowest BCUT2D eigenvalue weighted by atomic mass is 10.1. The van der Waals surface area contributed by atoms with Gasteiger partial charge in [-0.05, 0) is 37.7 Å². The van der Waals surface area contributed by atoms with E-state index < -0.39 is 0 Å². The molecule has 21 heavy (non-hydrogen) atoms. The van der Waals surface area contributed by atoms with Crippen LogP contribution in [-0.2, 0) is 25.9 Å². The van der Waals surface area contributed by atoms with E-state index >= 15 is 0 Å². The first-order chi connectivity index (χ1) is 10.3. The Morgan fingerprint density at radius 3 is 2.95 bits per heavy atom. The average Bonchev–Trinajstić information content (AvgIpc) is 3.05. The SMILES string of the molecule is OC1CCCCc2cn(Cc3nnc4n3CCCC4)cc21. The number of rotatable bonds is 2. The molecule has 1 atom stereocenters. The lowest BCUT2D eigenvalue weighted by Gasteiger charge is -2.14. The fraction of sp³-hybridized carbons (Fsp3) is 0.625. The summed E-state index contributed by atoms with van der Waals surface area (Å²) in [7, 11) is 0. The van der Waals surface area contributed by atoms with E-state index in [1.54, 1.807) is 0 Å². The third-order valence-electron chi connectivity index (χ3n) is 4.79. The van der Waals surface area contributed by atoms with Gasteiger partial charge in [-0.2, -0.15) is 0 Å². The number of nitrogens with zero attached hydrogens (tertiary/aromatic N) is 4. The molecule has 0 saturated heterocycles. The van der Waals surface area contributed by atoms with Crippen LogP contribution in [0.5, 0.6) is 0 Å². The Labute approximate surface area is 124 Å². The number of aryl methyl sites for hydroxylation is 2. The molecule has 1 aliphatic carbocycles. The lowest BCUT2D eigenvalue weighted by molar-refractivity contribution is 0.166. The molecule has 1 N–H and O–H groups in total. The fourth-order valence-corrected chi connectivity index (χ4v) is 3.63. The van der Waals surface area contributed by atoms with Crippen molar-refractivity contribution in [2.45, 2.75) is 64.1 Å². The van der Waals surface area contributed by atoms with Gasteiger partial charge in [0.25, 0.3) is 0 Å². The molecule has 0 fully saturated rings. The van der Waals surface area contributed by atoms with Gasteiger partial charge >= 0.3 is 0 Å². The molecule has 5 heteroatoms. The van der Waals surface area contributed by atoms with Gasteiger partial charge in [-0.3, -0.25) is 0 Å².